The van der Waals surface area contributed by atoms with Crippen LogP contribution < -0.4 is 10.6 Å². The summed E-state index contributed by atoms with van der Waals surface area (Å²) >= 11 is 0. The Labute approximate surface area is 232 Å². The van der Waals surface area contributed by atoms with Crippen molar-refractivity contribution in [2.24, 2.45) is 5.41 Å². The van der Waals surface area contributed by atoms with Gasteiger partial charge in [0.25, 0.3) is 0 Å². The Morgan fingerprint density at radius 2 is 1.51 bits per heavy atom. The van der Waals surface area contributed by atoms with Gasteiger partial charge in [0.05, 0.1) is 0 Å². The van der Waals surface area contributed by atoms with Crippen molar-refractivity contribution in [3.63, 3.8) is 0 Å². The van der Waals surface area contributed by atoms with Crippen molar-refractivity contribution in [2.75, 3.05) is 0 Å². The molecular weight excluding hydrogens is 492 g/mol. The summed E-state index contributed by atoms with van der Waals surface area (Å²) in [5.41, 5.74) is 1.57. The van der Waals surface area contributed by atoms with Gasteiger partial charge in [0, 0.05) is 19.0 Å². The number of hydrogen-bond acceptors (Lipinski definition) is 4. The Bertz CT molecular complexity index is 1060. The Kier molecular flexibility index (Phi) is 12.0. The van der Waals surface area contributed by atoms with Crippen LogP contribution in [0.2, 0.25) is 0 Å². The van der Waals surface area contributed by atoms with Crippen molar-refractivity contribution in [2.45, 2.75) is 103 Å². The van der Waals surface area contributed by atoms with E-state index in [1.807, 2.05) is 6.07 Å². The average Bonchev–Trinajstić information content (AvgIpc) is 3.38. The number of rotatable bonds is 17. The molecule has 0 aliphatic heterocycles. The maximum absolute atomic E-state index is 13.2. The second kappa shape index (κ2) is 15.4. The Hall–Kier alpha value is -3.19. The topological polar surface area (TPSA) is 116 Å². The van der Waals surface area contributed by atoms with Gasteiger partial charge in [0.2, 0.25) is 5.91 Å². The van der Waals surface area contributed by atoms with Crippen molar-refractivity contribution < 1.29 is 24.6 Å². The fourth-order valence-corrected chi connectivity index (χ4v) is 5.44. The van der Waals surface area contributed by atoms with Crippen molar-refractivity contribution in [3.05, 3.63) is 71.3 Å². The quantitative estimate of drug-likeness (QED) is 0.157. The number of carboxylic acid groups (broad SMARTS) is 2. The van der Waals surface area contributed by atoms with E-state index in [4.69, 9.17) is 0 Å². The van der Waals surface area contributed by atoms with E-state index in [0.29, 0.717) is 13.0 Å². The van der Waals surface area contributed by atoms with Gasteiger partial charge in [0.1, 0.15) is 11.5 Å². The minimum Gasteiger partial charge on any atom is -0.480 e. The number of benzene rings is 2. The van der Waals surface area contributed by atoms with Crippen LogP contribution in [0.4, 0.5) is 0 Å². The first-order valence-electron chi connectivity index (χ1n) is 14.5. The van der Waals surface area contributed by atoms with Gasteiger partial charge in [-0.15, -0.1) is 0 Å². The molecule has 3 rings (SSSR count). The monoisotopic (exact) mass is 536 g/mol. The molecule has 0 spiro atoms. The molecule has 3 atom stereocenters. The van der Waals surface area contributed by atoms with Crippen LogP contribution in [0.25, 0.3) is 0 Å². The van der Waals surface area contributed by atoms with E-state index in [0.717, 1.165) is 17.5 Å². The van der Waals surface area contributed by atoms with Crippen LogP contribution in [-0.2, 0) is 33.8 Å². The smallest absolute Gasteiger partial charge is 0.326 e. The molecule has 2 aromatic carbocycles. The SMILES string of the molecule is CCCCCCCCCc1ccc(CNC2CCC(C(=O)O)(C(=O)NC(Cc3ccccc3)C(=O)O)C2)cc1. The lowest BCUT2D eigenvalue weighted by atomic mass is 9.84. The molecule has 7 heteroatoms. The lowest BCUT2D eigenvalue weighted by molar-refractivity contribution is -0.157. The number of carbonyl (C=O) groups excluding carboxylic acids is 1. The van der Waals surface area contributed by atoms with Crippen LogP contribution >= 0.6 is 0 Å². The van der Waals surface area contributed by atoms with Gasteiger partial charge in [-0.1, -0.05) is 100 Å². The van der Waals surface area contributed by atoms with E-state index < -0.39 is 29.3 Å². The molecule has 2 aromatic rings. The number of aryl methyl sites for hydroxylation is 1. The summed E-state index contributed by atoms with van der Waals surface area (Å²) in [5, 5.41) is 25.6. The van der Waals surface area contributed by atoms with Crippen molar-refractivity contribution in [1.82, 2.24) is 10.6 Å². The fourth-order valence-electron chi connectivity index (χ4n) is 5.44. The molecule has 1 amide bonds. The summed E-state index contributed by atoms with van der Waals surface area (Å²) < 4.78 is 0. The van der Waals surface area contributed by atoms with E-state index in [2.05, 4.69) is 41.8 Å². The van der Waals surface area contributed by atoms with Crippen LogP contribution in [0.15, 0.2) is 54.6 Å². The number of unbranched alkanes of at least 4 members (excludes halogenated alkanes) is 6. The maximum atomic E-state index is 13.2. The van der Waals surface area contributed by atoms with Crippen LogP contribution in [0.3, 0.4) is 0 Å². The molecule has 3 unspecified atom stereocenters. The van der Waals surface area contributed by atoms with E-state index in [1.165, 1.54) is 50.5 Å². The number of nitrogens with one attached hydrogen (secondary N) is 2. The first-order chi connectivity index (χ1) is 18.8. The summed E-state index contributed by atoms with van der Waals surface area (Å²) in [7, 11) is 0. The molecule has 4 N–H and O–H groups in total. The third-order valence-electron chi connectivity index (χ3n) is 7.93. The molecular formula is C32H44N2O5. The average molecular weight is 537 g/mol. The van der Waals surface area contributed by atoms with Gasteiger partial charge in [-0.25, -0.2) is 4.79 Å². The molecule has 7 nitrogen and oxygen atoms in total. The molecule has 1 aliphatic rings. The van der Waals surface area contributed by atoms with Crippen LogP contribution in [0, 0.1) is 5.41 Å². The normalized spacial score (nSPS) is 19.5. The van der Waals surface area contributed by atoms with Gasteiger partial charge in [-0.2, -0.15) is 0 Å². The van der Waals surface area contributed by atoms with E-state index in [-0.39, 0.29) is 25.3 Å². The van der Waals surface area contributed by atoms with Crippen LogP contribution in [0.1, 0.15) is 87.8 Å². The van der Waals surface area contributed by atoms with Gasteiger partial charge < -0.3 is 20.8 Å². The molecule has 1 aliphatic carbocycles. The molecule has 0 saturated heterocycles. The summed E-state index contributed by atoms with van der Waals surface area (Å²) in [6, 6.07) is 16.2. The zero-order valence-electron chi connectivity index (χ0n) is 23.2. The predicted molar refractivity (Wildman–Crippen MR) is 152 cm³/mol. The molecule has 39 heavy (non-hydrogen) atoms. The number of aliphatic carboxylic acids is 2. The highest BCUT2D eigenvalue weighted by Crippen LogP contribution is 2.39. The molecule has 0 heterocycles. The second-order valence-corrected chi connectivity index (χ2v) is 10.9. The van der Waals surface area contributed by atoms with E-state index in [1.54, 1.807) is 24.3 Å². The highest BCUT2D eigenvalue weighted by atomic mass is 16.4. The second-order valence-electron chi connectivity index (χ2n) is 10.9. The summed E-state index contributed by atoms with van der Waals surface area (Å²) in [4.78, 5) is 37.3. The van der Waals surface area contributed by atoms with Crippen molar-refractivity contribution >= 4 is 17.8 Å². The molecule has 0 bridgehead atoms. The van der Waals surface area contributed by atoms with Crippen LogP contribution in [-0.4, -0.2) is 40.1 Å². The Balaban J connectivity index is 1.48. The summed E-state index contributed by atoms with van der Waals surface area (Å²) in [6.07, 6.45) is 11.1. The first kappa shape index (κ1) is 30.4. The molecule has 1 saturated carbocycles. The number of hydrogen-bond donors (Lipinski definition) is 4. The third kappa shape index (κ3) is 9.20. The third-order valence-corrected chi connectivity index (χ3v) is 7.93. The van der Waals surface area contributed by atoms with Gasteiger partial charge in [-0.05, 0) is 48.8 Å². The first-order valence-corrected chi connectivity index (χ1v) is 14.5. The maximum Gasteiger partial charge on any atom is 0.326 e. The number of carbonyl (C=O) groups is 3. The Morgan fingerprint density at radius 3 is 2.15 bits per heavy atom. The zero-order chi connectivity index (χ0) is 28.1. The lowest BCUT2D eigenvalue weighted by Crippen LogP contribution is -2.52. The standard InChI is InChI=1S/C32H44N2O5/c1-2-3-4-5-6-7-9-12-24-15-17-26(18-16-24)23-33-27-19-20-32(22-27,31(38)39)30(37)34-28(29(35)36)21-25-13-10-8-11-14-25/h8,10-11,13-18,27-28,33H,2-7,9,12,19-23H2,1H3,(H,34,37)(H,35,36)(H,38,39). The van der Waals surface area contributed by atoms with Crippen molar-refractivity contribution in [3.8, 4) is 0 Å². The van der Waals surface area contributed by atoms with Gasteiger partial charge >= 0.3 is 11.9 Å². The zero-order valence-corrected chi connectivity index (χ0v) is 23.2. The molecule has 0 radical (unpaired) electrons. The number of amides is 1. The largest absolute Gasteiger partial charge is 0.480 e. The fraction of sp³-hybridized carbons (Fsp3) is 0.531. The highest BCUT2D eigenvalue weighted by molar-refractivity contribution is 6.03. The van der Waals surface area contributed by atoms with Crippen molar-refractivity contribution in [1.29, 1.82) is 0 Å². The molecule has 0 aromatic heterocycles. The lowest BCUT2D eigenvalue weighted by Gasteiger charge is -2.26. The molecule has 212 valence electrons. The Morgan fingerprint density at radius 1 is 0.872 bits per heavy atom. The van der Waals surface area contributed by atoms with Gasteiger partial charge in [0.15, 0.2) is 0 Å². The van der Waals surface area contributed by atoms with E-state index >= 15 is 0 Å². The number of carboxylic acids is 2. The predicted octanol–water partition coefficient (Wildman–Crippen LogP) is 5.50. The van der Waals surface area contributed by atoms with Crippen LogP contribution in [0.5, 0.6) is 0 Å². The summed E-state index contributed by atoms with van der Waals surface area (Å²) in [5.74, 6) is -3.11. The summed E-state index contributed by atoms with van der Waals surface area (Å²) in [6.45, 7) is 2.83. The minimum atomic E-state index is -1.64. The highest BCUT2D eigenvalue weighted by Gasteiger charge is 2.52. The van der Waals surface area contributed by atoms with Gasteiger partial charge in [-0.3, -0.25) is 9.59 Å². The van der Waals surface area contributed by atoms with E-state index in [9.17, 15) is 24.6 Å². The molecule has 1 fully saturated rings. The minimum absolute atomic E-state index is 0.0915.